The van der Waals surface area contributed by atoms with Crippen LogP contribution < -0.4 is 10.6 Å². The van der Waals surface area contributed by atoms with E-state index in [1.807, 2.05) is 0 Å². The Hall–Kier alpha value is -2.95. The van der Waals surface area contributed by atoms with E-state index in [0.717, 1.165) is 29.9 Å². The van der Waals surface area contributed by atoms with E-state index < -0.39 is 35.3 Å². The van der Waals surface area contributed by atoms with Crippen molar-refractivity contribution in [2.45, 2.75) is 57.2 Å². The molecule has 1 aromatic rings. The molecule has 8 nitrogen and oxygen atoms in total. The lowest BCUT2D eigenvalue weighted by Crippen LogP contribution is -2.34. The summed E-state index contributed by atoms with van der Waals surface area (Å²) in [7, 11) is 0. The van der Waals surface area contributed by atoms with Crippen LogP contribution >= 0.6 is 0 Å². The van der Waals surface area contributed by atoms with Crippen LogP contribution in [-0.2, 0) is 30.1 Å². The molecule has 3 aliphatic rings. The van der Waals surface area contributed by atoms with Crippen LogP contribution in [0.3, 0.4) is 0 Å². The second-order valence-corrected chi connectivity index (χ2v) is 8.87. The standard InChI is InChI=1S/C23H26F3N3O5/c24-23(25,26)16-12-13(27-20(31)18-6-3-11-34-18)7-8-17(16)28-19(30)9-10-29-21(32)14-4-1-2-5-15(14)22(29)33/h7-8,12,14-15,18H,1-6,9-11H2,(H,27,31)(H,28,30). The molecule has 2 N–H and O–H groups in total. The molecule has 0 aromatic heterocycles. The summed E-state index contributed by atoms with van der Waals surface area (Å²) in [5.41, 5.74) is -1.66. The summed E-state index contributed by atoms with van der Waals surface area (Å²) < 4.78 is 46.1. The van der Waals surface area contributed by atoms with Gasteiger partial charge in [0.05, 0.1) is 23.1 Å². The molecule has 2 heterocycles. The predicted octanol–water partition coefficient (Wildman–Crippen LogP) is 3.33. The van der Waals surface area contributed by atoms with Crippen molar-refractivity contribution < 1.29 is 37.1 Å². The second-order valence-electron chi connectivity index (χ2n) is 8.87. The van der Waals surface area contributed by atoms with Gasteiger partial charge in [-0.25, -0.2) is 0 Å². The zero-order chi connectivity index (χ0) is 24.5. The van der Waals surface area contributed by atoms with Crippen molar-refractivity contribution >= 4 is 35.0 Å². The molecule has 3 unspecified atom stereocenters. The van der Waals surface area contributed by atoms with Crippen LogP contribution in [0.25, 0.3) is 0 Å². The lowest BCUT2D eigenvalue weighted by molar-refractivity contribution is -0.140. The fraction of sp³-hybridized carbons (Fsp3) is 0.565. The van der Waals surface area contributed by atoms with Crippen molar-refractivity contribution in [3.05, 3.63) is 23.8 Å². The number of hydrogen-bond acceptors (Lipinski definition) is 5. The summed E-state index contributed by atoms with van der Waals surface area (Å²) >= 11 is 0. The van der Waals surface area contributed by atoms with Crippen molar-refractivity contribution in [3.63, 3.8) is 0 Å². The third-order valence-electron chi connectivity index (χ3n) is 6.58. The first kappa shape index (κ1) is 24.2. The van der Waals surface area contributed by atoms with Gasteiger partial charge in [0, 0.05) is 25.3 Å². The third kappa shape index (κ3) is 5.08. The SMILES string of the molecule is O=C(CCN1C(=O)C2CCCCC2C1=O)Nc1ccc(NC(=O)C2CCCO2)cc1C(F)(F)F. The summed E-state index contributed by atoms with van der Waals surface area (Å²) in [5.74, 6) is -2.58. The topological polar surface area (TPSA) is 105 Å². The number of hydrogen-bond donors (Lipinski definition) is 2. The molecule has 184 valence electrons. The number of carbonyl (C=O) groups is 4. The number of fused-ring (bicyclic) bond motifs is 1. The molecular formula is C23H26F3N3O5. The van der Waals surface area contributed by atoms with E-state index in [1.165, 1.54) is 6.07 Å². The van der Waals surface area contributed by atoms with Crippen LogP contribution in [0.2, 0.25) is 0 Å². The van der Waals surface area contributed by atoms with Gasteiger partial charge in [0.2, 0.25) is 17.7 Å². The molecule has 3 fully saturated rings. The third-order valence-corrected chi connectivity index (χ3v) is 6.58. The Morgan fingerprint density at radius 2 is 1.68 bits per heavy atom. The molecule has 2 aliphatic heterocycles. The Balaban J connectivity index is 1.40. The van der Waals surface area contributed by atoms with E-state index >= 15 is 0 Å². The normalized spacial score (nSPS) is 24.8. The quantitative estimate of drug-likeness (QED) is 0.607. The highest BCUT2D eigenvalue weighted by Gasteiger charge is 2.47. The molecule has 0 bridgehead atoms. The number of carbonyl (C=O) groups excluding carboxylic acids is 4. The number of nitrogens with one attached hydrogen (secondary N) is 2. The van der Waals surface area contributed by atoms with Gasteiger partial charge >= 0.3 is 6.18 Å². The van der Waals surface area contributed by atoms with E-state index in [4.69, 9.17) is 4.74 Å². The van der Waals surface area contributed by atoms with Gasteiger partial charge in [0.25, 0.3) is 5.91 Å². The van der Waals surface area contributed by atoms with Crippen LogP contribution in [0.15, 0.2) is 18.2 Å². The number of rotatable bonds is 6. The van der Waals surface area contributed by atoms with E-state index in [2.05, 4.69) is 10.6 Å². The Morgan fingerprint density at radius 3 is 2.26 bits per heavy atom. The van der Waals surface area contributed by atoms with E-state index in [9.17, 15) is 32.3 Å². The fourth-order valence-corrected chi connectivity index (χ4v) is 4.85. The molecule has 1 aromatic carbocycles. The molecule has 1 aliphatic carbocycles. The molecule has 4 rings (SSSR count). The number of alkyl halides is 3. The highest BCUT2D eigenvalue weighted by atomic mass is 19.4. The number of likely N-dealkylation sites (tertiary alicyclic amines) is 1. The number of nitrogens with zero attached hydrogens (tertiary/aromatic N) is 1. The average molecular weight is 481 g/mol. The summed E-state index contributed by atoms with van der Waals surface area (Å²) in [6, 6.07) is 3.07. The largest absolute Gasteiger partial charge is 0.418 e. The minimum absolute atomic E-state index is 0.0679. The van der Waals surface area contributed by atoms with Gasteiger partial charge in [-0.2, -0.15) is 13.2 Å². The van der Waals surface area contributed by atoms with Crippen LogP contribution in [0.4, 0.5) is 24.5 Å². The zero-order valence-corrected chi connectivity index (χ0v) is 18.5. The molecule has 0 spiro atoms. The lowest BCUT2D eigenvalue weighted by Gasteiger charge is -2.19. The highest BCUT2D eigenvalue weighted by Crippen LogP contribution is 2.39. The minimum Gasteiger partial charge on any atom is -0.368 e. The van der Waals surface area contributed by atoms with Crippen molar-refractivity contribution in [2.24, 2.45) is 11.8 Å². The molecule has 34 heavy (non-hydrogen) atoms. The average Bonchev–Trinajstić information content (AvgIpc) is 3.41. The lowest BCUT2D eigenvalue weighted by atomic mass is 9.81. The van der Waals surface area contributed by atoms with E-state index in [0.29, 0.717) is 32.3 Å². The number of halogens is 3. The van der Waals surface area contributed by atoms with Gasteiger partial charge < -0.3 is 15.4 Å². The Bertz CT molecular complexity index is 967. The molecule has 1 saturated carbocycles. The van der Waals surface area contributed by atoms with Gasteiger partial charge in [-0.1, -0.05) is 12.8 Å². The smallest absolute Gasteiger partial charge is 0.368 e. The Labute approximate surface area is 194 Å². The summed E-state index contributed by atoms with van der Waals surface area (Å²) in [5, 5.41) is 4.64. The fourth-order valence-electron chi connectivity index (χ4n) is 4.85. The second kappa shape index (κ2) is 9.73. The van der Waals surface area contributed by atoms with Gasteiger partial charge in [-0.05, 0) is 43.9 Å². The Morgan fingerprint density at radius 1 is 1.00 bits per heavy atom. The maximum absolute atomic E-state index is 13.6. The molecular weight excluding hydrogens is 455 g/mol. The van der Waals surface area contributed by atoms with Gasteiger partial charge in [-0.3, -0.25) is 24.1 Å². The summed E-state index contributed by atoms with van der Waals surface area (Å²) in [4.78, 5) is 50.6. The van der Waals surface area contributed by atoms with Crippen LogP contribution in [0.1, 0.15) is 50.5 Å². The molecule has 11 heteroatoms. The van der Waals surface area contributed by atoms with Crippen LogP contribution in [0, 0.1) is 11.8 Å². The number of ether oxygens (including phenoxy) is 1. The first-order valence-corrected chi connectivity index (χ1v) is 11.4. The monoisotopic (exact) mass is 481 g/mol. The van der Waals surface area contributed by atoms with Crippen LogP contribution in [0.5, 0.6) is 0 Å². The zero-order valence-electron chi connectivity index (χ0n) is 18.5. The van der Waals surface area contributed by atoms with Crippen molar-refractivity contribution in [1.82, 2.24) is 4.90 Å². The van der Waals surface area contributed by atoms with Crippen LogP contribution in [-0.4, -0.2) is 47.8 Å². The van der Waals surface area contributed by atoms with Gasteiger partial charge in [0.15, 0.2) is 0 Å². The predicted molar refractivity (Wildman–Crippen MR) is 114 cm³/mol. The van der Waals surface area contributed by atoms with Gasteiger partial charge in [0.1, 0.15) is 6.10 Å². The van der Waals surface area contributed by atoms with E-state index in [-0.39, 0.29) is 42.3 Å². The molecule has 0 radical (unpaired) electrons. The summed E-state index contributed by atoms with van der Waals surface area (Å²) in [6.07, 6.45) is -1.57. The first-order chi connectivity index (χ1) is 16.1. The molecule has 2 saturated heterocycles. The van der Waals surface area contributed by atoms with Crippen molar-refractivity contribution in [1.29, 1.82) is 0 Å². The van der Waals surface area contributed by atoms with Crippen molar-refractivity contribution in [3.8, 4) is 0 Å². The van der Waals surface area contributed by atoms with Gasteiger partial charge in [-0.15, -0.1) is 0 Å². The number of amides is 4. The number of benzene rings is 1. The van der Waals surface area contributed by atoms with Crippen molar-refractivity contribution in [2.75, 3.05) is 23.8 Å². The first-order valence-electron chi connectivity index (χ1n) is 11.4. The minimum atomic E-state index is -4.79. The number of anilines is 2. The Kier molecular flexibility index (Phi) is 6.92. The maximum Gasteiger partial charge on any atom is 0.418 e. The summed E-state index contributed by atoms with van der Waals surface area (Å²) in [6.45, 7) is 0.250. The number of imide groups is 1. The highest BCUT2D eigenvalue weighted by molar-refractivity contribution is 6.05. The van der Waals surface area contributed by atoms with E-state index in [1.54, 1.807) is 0 Å². The molecule has 4 amide bonds. The molecule has 3 atom stereocenters. The maximum atomic E-state index is 13.6.